The molecule has 0 aromatic heterocycles. The molecular weight excluding hydrogens is 208 g/mol. The van der Waals surface area contributed by atoms with Gasteiger partial charge in [0.15, 0.2) is 0 Å². The summed E-state index contributed by atoms with van der Waals surface area (Å²) < 4.78 is 27.3. The van der Waals surface area contributed by atoms with Crippen molar-refractivity contribution < 1.29 is 8.78 Å². The highest BCUT2D eigenvalue weighted by atomic mass is 19.1. The van der Waals surface area contributed by atoms with Gasteiger partial charge in [-0.05, 0) is 49.6 Å². The number of benzene rings is 1. The fraction of sp³-hybridized carbons (Fsp3) is 0.538. The second-order valence-corrected chi connectivity index (χ2v) is 4.57. The highest BCUT2D eigenvalue weighted by Crippen LogP contribution is 2.31. The topological polar surface area (TPSA) is 12.0 Å². The van der Waals surface area contributed by atoms with Gasteiger partial charge < -0.3 is 5.32 Å². The first-order valence-electron chi connectivity index (χ1n) is 5.78. The maximum Gasteiger partial charge on any atom is 0.129 e. The molecule has 2 rings (SSSR count). The molecule has 0 bridgehead atoms. The smallest absolute Gasteiger partial charge is 0.129 e. The van der Waals surface area contributed by atoms with E-state index >= 15 is 0 Å². The van der Waals surface area contributed by atoms with E-state index in [-0.39, 0.29) is 11.7 Å². The number of alkyl halides is 1. The molecule has 1 nitrogen and oxygen atoms in total. The molecule has 1 aromatic carbocycles. The number of rotatable bonds is 2. The Hall–Kier alpha value is -0.960. The monoisotopic (exact) mass is 225 g/mol. The molecular formula is C13H17F2N. The summed E-state index contributed by atoms with van der Waals surface area (Å²) in [7, 11) is 0. The number of hydrogen-bond donors (Lipinski definition) is 1. The van der Waals surface area contributed by atoms with Crippen molar-refractivity contribution >= 4 is 0 Å². The average Bonchev–Trinajstić information content (AvgIpc) is 2.28. The van der Waals surface area contributed by atoms with Crippen LogP contribution < -0.4 is 5.32 Å². The summed E-state index contributed by atoms with van der Waals surface area (Å²) >= 11 is 0. The van der Waals surface area contributed by atoms with Crippen molar-refractivity contribution in [3.05, 3.63) is 35.1 Å². The minimum Gasteiger partial charge on any atom is -0.316 e. The van der Waals surface area contributed by atoms with Crippen molar-refractivity contribution in [1.82, 2.24) is 5.32 Å². The maximum absolute atomic E-state index is 14.2. The molecule has 1 aliphatic rings. The summed E-state index contributed by atoms with van der Waals surface area (Å²) in [6.07, 6.45) is 0.825. The molecule has 16 heavy (non-hydrogen) atoms. The Balaban J connectivity index is 2.15. The van der Waals surface area contributed by atoms with E-state index in [9.17, 15) is 8.78 Å². The molecule has 0 spiro atoms. The molecule has 1 fully saturated rings. The third kappa shape index (κ3) is 2.59. The van der Waals surface area contributed by atoms with Gasteiger partial charge in [-0.1, -0.05) is 6.07 Å². The van der Waals surface area contributed by atoms with Gasteiger partial charge in [-0.2, -0.15) is 0 Å². The van der Waals surface area contributed by atoms with Gasteiger partial charge in [0, 0.05) is 12.5 Å². The number of nitrogens with one attached hydrogen (secondary N) is 1. The highest BCUT2D eigenvalue weighted by molar-refractivity contribution is 5.26. The Labute approximate surface area is 94.9 Å². The lowest BCUT2D eigenvalue weighted by Crippen LogP contribution is -2.32. The van der Waals surface area contributed by atoms with Gasteiger partial charge in [0.2, 0.25) is 0 Å². The quantitative estimate of drug-likeness (QED) is 0.815. The van der Waals surface area contributed by atoms with E-state index in [4.69, 9.17) is 0 Å². The minimum atomic E-state index is -1.05. The molecule has 88 valence electrons. The van der Waals surface area contributed by atoms with Crippen molar-refractivity contribution in [3.8, 4) is 0 Å². The SMILES string of the molecule is Cc1cc(F)cc(C(F)C2CCCNC2)c1. The van der Waals surface area contributed by atoms with E-state index in [1.165, 1.54) is 12.1 Å². The molecule has 1 N–H and O–H groups in total. The van der Waals surface area contributed by atoms with Crippen LogP contribution in [0.1, 0.15) is 30.1 Å². The Morgan fingerprint density at radius 2 is 2.19 bits per heavy atom. The molecule has 0 radical (unpaired) electrons. The molecule has 2 unspecified atom stereocenters. The lowest BCUT2D eigenvalue weighted by atomic mass is 9.90. The predicted molar refractivity (Wildman–Crippen MR) is 60.6 cm³/mol. The minimum absolute atomic E-state index is 0.0186. The van der Waals surface area contributed by atoms with Crippen molar-refractivity contribution in [2.45, 2.75) is 25.9 Å². The van der Waals surface area contributed by atoms with E-state index in [1.807, 2.05) is 0 Å². The molecule has 1 aliphatic heterocycles. The second-order valence-electron chi connectivity index (χ2n) is 4.57. The van der Waals surface area contributed by atoms with Gasteiger partial charge in [-0.3, -0.25) is 0 Å². The Morgan fingerprint density at radius 1 is 1.38 bits per heavy atom. The first-order valence-corrected chi connectivity index (χ1v) is 5.78. The summed E-state index contributed by atoms with van der Waals surface area (Å²) in [6.45, 7) is 3.44. The fourth-order valence-electron chi connectivity index (χ4n) is 2.32. The van der Waals surface area contributed by atoms with Crippen LogP contribution in [-0.2, 0) is 0 Å². The van der Waals surface area contributed by atoms with Crippen LogP contribution >= 0.6 is 0 Å². The van der Waals surface area contributed by atoms with Gasteiger partial charge in [0.1, 0.15) is 12.0 Å². The van der Waals surface area contributed by atoms with Crippen molar-refractivity contribution in [2.24, 2.45) is 5.92 Å². The number of piperidine rings is 1. The van der Waals surface area contributed by atoms with E-state index in [1.54, 1.807) is 13.0 Å². The lowest BCUT2D eigenvalue weighted by Gasteiger charge is -2.26. The lowest BCUT2D eigenvalue weighted by molar-refractivity contribution is 0.194. The molecule has 0 saturated carbocycles. The Morgan fingerprint density at radius 3 is 2.81 bits per heavy atom. The van der Waals surface area contributed by atoms with Crippen molar-refractivity contribution in [2.75, 3.05) is 13.1 Å². The fourth-order valence-corrected chi connectivity index (χ4v) is 2.32. The molecule has 3 heteroatoms. The first-order chi connectivity index (χ1) is 7.66. The van der Waals surface area contributed by atoms with Gasteiger partial charge >= 0.3 is 0 Å². The van der Waals surface area contributed by atoms with Crippen LogP contribution in [0.2, 0.25) is 0 Å². The normalized spacial score (nSPS) is 23.1. The van der Waals surface area contributed by atoms with E-state index in [0.717, 1.165) is 24.9 Å². The van der Waals surface area contributed by atoms with E-state index < -0.39 is 6.17 Å². The molecule has 1 saturated heterocycles. The van der Waals surface area contributed by atoms with Crippen LogP contribution in [0.4, 0.5) is 8.78 Å². The second kappa shape index (κ2) is 4.91. The van der Waals surface area contributed by atoms with Crippen LogP contribution in [0.5, 0.6) is 0 Å². The maximum atomic E-state index is 14.2. The summed E-state index contributed by atoms with van der Waals surface area (Å²) in [4.78, 5) is 0. The summed E-state index contributed by atoms with van der Waals surface area (Å²) in [5.41, 5.74) is 1.26. The van der Waals surface area contributed by atoms with Crippen LogP contribution in [0.15, 0.2) is 18.2 Å². The number of hydrogen-bond acceptors (Lipinski definition) is 1. The van der Waals surface area contributed by atoms with Gasteiger partial charge in [0.05, 0.1) is 0 Å². The third-order valence-corrected chi connectivity index (χ3v) is 3.13. The summed E-state index contributed by atoms with van der Waals surface area (Å²) in [5, 5.41) is 3.18. The highest BCUT2D eigenvalue weighted by Gasteiger charge is 2.24. The van der Waals surface area contributed by atoms with Crippen LogP contribution in [0, 0.1) is 18.7 Å². The zero-order valence-electron chi connectivity index (χ0n) is 9.47. The van der Waals surface area contributed by atoms with Gasteiger partial charge in [-0.25, -0.2) is 8.78 Å². The van der Waals surface area contributed by atoms with E-state index in [2.05, 4.69) is 5.32 Å². The summed E-state index contributed by atoms with van der Waals surface area (Å²) in [6, 6.07) is 4.48. The number of aryl methyl sites for hydroxylation is 1. The zero-order chi connectivity index (χ0) is 11.5. The van der Waals surface area contributed by atoms with Crippen LogP contribution in [0.25, 0.3) is 0 Å². The Kier molecular flexibility index (Phi) is 3.54. The van der Waals surface area contributed by atoms with Crippen molar-refractivity contribution in [1.29, 1.82) is 0 Å². The molecule has 1 heterocycles. The standard InChI is InChI=1S/C13H17F2N/c1-9-5-11(7-12(14)6-9)13(15)10-3-2-4-16-8-10/h5-7,10,13,16H,2-4,8H2,1H3. The van der Waals surface area contributed by atoms with Crippen molar-refractivity contribution in [3.63, 3.8) is 0 Å². The molecule has 0 aliphatic carbocycles. The van der Waals surface area contributed by atoms with Crippen LogP contribution in [-0.4, -0.2) is 13.1 Å². The first kappa shape index (κ1) is 11.5. The largest absolute Gasteiger partial charge is 0.316 e. The zero-order valence-corrected chi connectivity index (χ0v) is 9.47. The van der Waals surface area contributed by atoms with Gasteiger partial charge in [0.25, 0.3) is 0 Å². The third-order valence-electron chi connectivity index (χ3n) is 3.13. The average molecular weight is 225 g/mol. The number of halogens is 2. The van der Waals surface area contributed by atoms with E-state index in [0.29, 0.717) is 12.1 Å². The predicted octanol–water partition coefficient (Wildman–Crippen LogP) is 3.14. The molecule has 2 atom stereocenters. The summed E-state index contributed by atoms with van der Waals surface area (Å²) in [5.74, 6) is -0.364. The Bertz CT molecular complexity index is 339. The van der Waals surface area contributed by atoms with Crippen LogP contribution in [0.3, 0.4) is 0 Å². The van der Waals surface area contributed by atoms with Gasteiger partial charge in [-0.15, -0.1) is 0 Å². The molecule has 0 amide bonds. The molecule has 1 aromatic rings.